The van der Waals surface area contributed by atoms with Crippen molar-refractivity contribution in [2.24, 2.45) is 0 Å². The molecule has 0 atom stereocenters. The summed E-state index contributed by atoms with van der Waals surface area (Å²) >= 11 is 0. The van der Waals surface area contributed by atoms with Crippen LogP contribution in [0.4, 0.5) is 25.8 Å². The van der Waals surface area contributed by atoms with Crippen molar-refractivity contribution in [1.29, 1.82) is 0 Å². The molecule has 0 bridgehead atoms. The van der Waals surface area contributed by atoms with Gasteiger partial charge in [0.25, 0.3) is 6.71 Å². The fraction of sp³-hybridized carbons (Fsp3) is 0.0625. The van der Waals surface area contributed by atoms with E-state index in [0.29, 0.717) is 28.5 Å². The molecule has 0 N–H and O–H groups in total. The summed E-state index contributed by atoms with van der Waals surface area (Å²) < 4.78 is 52.7. The van der Waals surface area contributed by atoms with Crippen molar-refractivity contribution >= 4 is 58.6 Å². The first kappa shape index (κ1) is 22.3. The largest absolute Gasteiger partial charge is 0.458 e. The minimum absolute atomic E-state index is 0.0135. The lowest BCUT2D eigenvalue weighted by molar-refractivity contribution is 0.406. The molecule has 0 aliphatic carbocycles. The molecule has 192 valence electrons. The predicted octanol–water partition coefficient (Wildman–Crippen LogP) is 5.40. The molecule has 4 heterocycles. The van der Waals surface area contributed by atoms with Crippen molar-refractivity contribution in [3.8, 4) is 34.5 Å². The van der Waals surface area contributed by atoms with Crippen LogP contribution in [0.25, 0.3) is 0 Å². The molecule has 8 heteroatoms. The molecule has 0 spiro atoms. The molecule has 0 radical (unpaired) electrons. The fourth-order valence-electron chi connectivity index (χ4n) is 6.96. The molecule has 0 aromatic heterocycles. The highest BCUT2D eigenvalue weighted by Crippen LogP contribution is 2.49. The highest BCUT2D eigenvalue weighted by molar-refractivity contribution is 7.03. The van der Waals surface area contributed by atoms with E-state index >= 15 is 8.78 Å². The van der Waals surface area contributed by atoms with Crippen molar-refractivity contribution < 1.29 is 23.0 Å². The Labute approximate surface area is 230 Å². The molecular weight excluding hydrogens is 523 g/mol. The molecule has 4 aliphatic heterocycles. The average Bonchev–Trinajstić information content (AvgIpc) is 2.97. The predicted molar refractivity (Wildman–Crippen MR) is 156 cm³/mol. The highest BCUT2D eigenvalue weighted by atomic mass is 28.3. The second kappa shape index (κ2) is 7.34. The number of fused-ring (bicyclic) bond motifs is 2. The van der Waals surface area contributed by atoms with E-state index in [1.54, 1.807) is 17.0 Å². The lowest BCUT2D eigenvalue weighted by Crippen LogP contribution is -2.60. The minimum Gasteiger partial charge on any atom is -0.458 e. The van der Waals surface area contributed by atoms with Gasteiger partial charge >= 0.3 is 0 Å². The highest BCUT2D eigenvalue weighted by Gasteiger charge is 2.50. The second-order valence-electron chi connectivity index (χ2n) is 11.1. The third-order valence-corrected chi connectivity index (χ3v) is 12.3. The molecular formula is C32H20BF2NO3Si. The molecule has 4 nitrogen and oxygen atoms in total. The molecule has 4 aliphatic rings. The first-order chi connectivity index (χ1) is 19.4. The topological polar surface area (TPSA) is 30.9 Å². The fourth-order valence-corrected chi connectivity index (χ4v) is 9.95. The van der Waals surface area contributed by atoms with Crippen LogP contribution in [0, 0.1) is 11.6 Å². The van der Waals surface area contributed by atoms with E-state index in [4.69, 9.17) is 14.2 Å². The van der Waals surface area contributed by atoms with Crippen LogP contribution in [-0.2, 0) is 0 Å². The third kappa shape index (κ3) is 2.55. The van der Waals surface area contributed by atoms with Gasteiger partial charge < -0.3 is 19.1 Å². The SMILES string of the molecule is C[Si]1(C)c2ccccc2N(c2c(F)c3c4c(c2F)Oc2cccc5c2B4c2c(cccc2O3)O5)c2ccccc21. The minimum atomic E-state index is -2.15. The molecule has 0 saturated heterocycles. The summed E-state index contributed by atoms with van der Waals surface area (Å²) in [5, 5.41) is 2.21. The van der Waals surface area contributed by atoms with Gasteiger partial charge in [0.1, 0.15) is 36.8 Å². The van der Waals surface area contributed by atoms with Gasteiger partial charge in [0, 0.05) is 27.8 Å². The molecule has 5 aromatic carbocycles. The zero-order valence-corrected chi connectivity index (χ0v) is 22.6. The van der Waals surface area contributed by atoms with E-state index in [1.165, 1.54) is 0 Å². The third-order valence-electron chi connectivity index (χ3n) is 8.73. The quantitative estimate of drug-likeness (QED) is 0.260. The number of benzene rings is 5. The summed E-state index contributed by atoms with van der Waals surface area (Å²) in [4.78, 5) is 1.71. The molecule has 9 rings (SSSR count). The summed E-state index contributed by atoms with van der Waals surface area (Å²) in [5.41, 5.74) is 3.20. The Morgan fingerprint density at radius 2 is 1.02 bits per heavy atom. The maximum Gasteiger partial charge on any atom is 0.270 e. The van der Waals surface area contributed by atoms with E-state index in [-0.39, 0.29) is 17.2 Å². The van der Waals surface area contributed by atoms with E-state index < -0.39 is 26.4 Å². The Hall–Kier alpha value is -4.56. The number of hydrogen-bond acceptors (Lipinski definition) is 4. The summed E-state index contributed by atoms with van der Waals surface area (Å²) in [6.07, 6.45) is 0. The summed E-state index contributed by atoms with van der Waals surface area (Å²) in [5.74, 6) is 0.674. The van der Waals surface area contributed by atoms with Crippen LogP contribution in [0.15, 0.2) is 84.9 Å². The summed E-state index contributed by atoms with van der Waals surface area (Å²) in [7, 11) is -2.15. The van der Waals surface area contributed by atoms with E-state index in [9.17, 15) is 0 Å². The number of nitrogens with zero attached hydrogens (tertiary/aromatic N) is 1. The smallest absolute Gasteiger partial charge is 0.270 e. The van der Waals surface area contributed by atoms with Gasteiger partial charge in [0.05, 0.1) is 0 Å². The average molecular weight is 543 g/mol. The first-order valence-corrected chi connectivity index (χ1v) is 16.3. The standard InChI is InChI=1S/C32H20BF2NO3Si/c1-40(2)23-15-5-3-9-17(23)36(18-10-4-6-16-24(18)40)30-28(34)31-27-32(29(30)35)39-22-14-8-12-20-26(22)33(27)25-19(37-20)11-7-13-21(25)38-31/h3-16H,1-2H3. The summed E-state index contributed by atoms with van der Waals surface area (Å²) in [6, 6.07) is 26.8. The first-order valence-electron chi connectivity index (χ1n) is 13.3. The molecule has 0 fully saturated rings. The van der Waals surface area contributed by atoms with Crippen molar-refractivity contribution in [3.63, 3.8) is 0 Å². The van der Waals surface area contributed by atoms with Gasteiger partial charge in [-0.15, -0.1) is 0 Å². The number of halogens is 2. The zero-order valence-electron chi connectivity index (χ0n) is 21.6. The Bertz CT molecular complexity index is 1840. The van der Waals surface area contributed by atoms with Crippen LogP contribution in [0.2, 0.25) is 13.1 Å². The van der Waals surface area contributed by atoms with E-state index in [2.05, 4.69) is 25.2 Å². The van der Waals surface area contributed by atoms with Crippen LogP contribution < -0.4 is 45.9 Å². The van der Waals surface area contributed by atoms with Crippen LogP contribution in [-0.4, -0.2) is 14.8 Å². The van der Waals surface area contributed by atoms with Crippen molar-refractivity contribution in [2.75, 3.05) is 4.90 Å². The Kier molecular flexibility index (Phi) is 4.09. The number of rotatable bonds is 1. The Morgan fingerprint density at radius 1 is 0.575 bits per heavy atom. The van der Waals surface area contributed by atoms with Crippen molar-refractivity contribution in [1.82, 2.24) is 0 Å². The van der Waals surface area contributed by atoms with Gasteiger partial charge in [-0.3, -0.25) is 0 Å². The zero-order chi connectivity index (χ0) is 26.9. The van der Waals surface area contributed by atoms with Crippen LogP contribution in [0.1, 0.15) is 0 Å². The van der Waals surface area contributed by atoms with Gasteiger partial charge in [-0.25, -0.2) is 8.78 Å². The summed E-state index contributed by atoms with van der Waals surface area (Å²) in [6.45, 7) is 4.07. The van der Waals surface area contributed by atoms with Crippen LogP contribution in [0.5, 0.6) is 34.5 Å². The van der Waals surface area contributed by atoms with Gasteiger partial charge in [-0.2, -0.15) is 0 Å². The molecule has 0 amide bonds. The Balaban J connectivity index is 1.38. The van der Waals surface area contributed by atoms with Crippen molar-refractivity contribution in [2.45, 2.75) is 13.1 Å². The van der Waals surface area contributed by atoms with Gasteiger partial charge in [-0.05, 0) is 46.8 Å². The van der Waals surface area contributed by atoms with Gasteiger partial charge in [0.2, 0.25) is 0 Å². The number of ether oxygens (including phenoxy) is 3. The van der Waals surface area contributed by atoms with Crippen molar-refractivity contribution in [3.05, 3.63) is 96.6 Å². The molecule has 40 heavy (non-hydrogen) atoms. The number of hydrogen-bond donors (Lipinski definition) is 0. The molecule has 5 aromatic rings. The van der Waals surface area contributed by atoms with E-state index in [0.717, 1.165) is 32.7 Å². The van der Waals surface area contributed by atoms with Gasteiger partial charge in [-0.1, -0.05) is 61.6 Å². The van der Waals surface area contributed by atoms with E-state index in [1.807, 2.05) is 60.7 Å². The maximum absolute atomic E-state index is 17.0. The van der Waals surface area contributed by atoms with Crippen LogP contribution in [0.3, 0.4) is 0 Å². The number of anilines is 3. The monoisotopic (exact) mass is 543 g/mol. The van der Waals surface area contributed by atoms with Crippen LogP contribution >= 0.6 is 0 Å². The normalized spacial score (nSPS) is 15.7. The van der Waals surface area contributed by atoms with Gasteiger partial charge in [0.15, 0.2) is 23.1 Å². The lowest BCUT2D eigenvalue weighted by atomic mass is 9.34. The molecule has 0 unspecified atom stereocenters. The maximum atomic E-state index is 17.0. The Morgan fingerprint density at radius 3 is 1.52 bits per heavy atom. The molecule has 0 saturated carbocycles. The second-order valence-corrected chi connectivity index (χ2v) is 15.4. The number of para-hydroxylation sites is 2. The lowest BCUT2D eigenvalue weighted by Gasteiger charge is -2.42.